The molecule has 0 unspecified atom stereocenters. The van der Waals surface area contributed by atoms with Crippen molar-refractivity contribution in [2.24, 2.45) is 0 Å². The average Bonchev–Trinajstić information content (AvgIpc) is 3.31. The number of benzene rings is 1. The summed E-state index contributed by atoms with van der Waals surface area (Å²) in [6.07, 6.45) is 1.55. The minimum atomic E-state index is -0.503. The molecule has 0 spiro atoms. The van der Waals surface area contributed by atoms with Crippen LogP contribution in [-0.4, -0.2) is 35.4 Å². The van der Waals surface area contributed by atoms with Crippen LogP contribution in [0.4, 0.5) is 0 Å². The number of halogens is 1. The maximum Gasteiger partial charge on any atom is 0.325 e. The van der Waals surface area contributed by atoms with Crippen molar-refractivity contribution in [1.82, 2.24) is 9.88 Å². The van der Waals surface area contributed by atoms with Gasteiger partial charge >= 0.3 is 5.97 Å². The summed E-state index contributed by atoms with van der Waals surface area (Å²) < 4.78 is 10.1. The van der Waals surface area contributed by atoms with Gasteiger partial charge in [0.05, 0.1) is 13.4 Å². The number of aryl methyl sites for hydroxylation is 1. The van der Waals surface area contributed by atoms with Gasteiger partial charge in [0.25, 0.3) is 5.91 Å². The molecule has 0 atom stereocenters. The first-order valence-corrected chi connectivity index (χ1v) is 9.29. The lowest BCUT2D eigenvalue weighted by molar-refractivity contribution is -0.141. The fraction of sp³-hybridized carbons (Fsp3) is 0.211. The van der Waals surface area contributed by atoms with Crippen LogP contribution in [0.15, 0.2) is 47.1 Å². The van der Waals surface area contributed by atoms with Crippen LogP contribution in [0.5, 0.6) is 0 Å². The number of rotatable bonds is 6. The molecular formula is C19H17ClN2O4S. The molecule has 2 aromatic heterocycles. The van der Waals surface area contributed by atoms with Crippen LogP contribution < -0.4 is 0 Å². The first-order valence-electron chi connectivity index (χ1n) is 8.09. The Morgan fingerprint density at radius 2 is 2.00 bits per heavy atom. The molecule has 27 heavy (non-hydrogen) atoms. The topological polar surface area (TPSA) is 72.6 Å². The SMILES string of the molecule is COC(=O)CN(Cc1ccc(Cl)cc1)C(=O)c1nc(-c2ccco2)sc1C. The van der Waals surface area contributed by atoms with E-state index in [2.05, 4.69) is 4.98 Å². The van der Waals surface area contributed by atoms with Gasteiger partial charge < -0.3 is 14.1 Å². The van der Waals surface area contributed by atoms with E-state index in [0.29, 0.717) is 21.5 Å². The third-order valence-corrected chi connectivity index (χ3v) is 5.09. The number of carbonyl (C=O) groups is 2. The van der Waals surface area contributed by atoms with Crippen molar-refractivity contribution in [3.63, 3.8) is 0 Å². The van der Waals surface area contributed by atoms with Gasteiger partial charge in [-0.2, -0.15) is 0 Å². The van der Waals surface area contributed by atoms with Crippen LogP contribution >= 0.6 is 22.9 Å². The molecule has 0 fully saturated rings. The molecule has 0 saturated carbocycles. The summed E-state index contributed by atoms with van der Waals surface area (Å²) in [5.41, 5.74) is 1.14. The molecule has 6 nitrogen and oxygen atoms in total. The first-order chi connectivity index (χ1) is 13.0. The Kier molecular flexibility index (Phi) is 5.93. The van der Waals surface area contributed by atoms with Gasteiger partial charge in [-0.1, -0.05) is 23.7 Å². The Balaban J connectivity index is 1.88. The second-order valence-electron chi connectivity index (χ2n) is 5.76. The number of amides is 1. The number of furan rings is 1. The van der Waals surface area contributed by atoms with Crippen molar-refractivity contribution in [1.29, 1.82) is 0 Å². The molecular weight excluding hydrogens is 388 g/mol. The van der Waals surface area contributed by atoms with E-state index in [4.69, 9.17) is 20.8 Å². The molecule has 2 heterocycles. The van der Waals surface area contributed by atoms with Gasteiger partial charge in [-0.15, -0.1) is 11.3 Å². The van der Waals surface area contributed by atoms with Crippen LogP contribution in [0.1, 0.15) is 20.9 Å². The highest BCUT2D eigenvalue weighted by molar-refractivity contribution is 7.15. The van der Waals surface area contributed by atoms with Gasteiger partial charge in [-0.3, -0.25) is 9.59 Å². The quantitative estimate of drug-likeness (QED) is 0.576. The molecule has 1 aromatic carbocycles. The van der Waals surface area contributed by atoms with E-state index in [-0.39, 0.29) is 19.0 Å². The number of hydrogen-bond donors (Lipinski definition) is 0. The number of esters is 1. The summed E-state index contributed by atoms with van der Waals surface area (Å²) in [6.45, 7) is 1.87. The lowest BCUT2D eigenvalue weighted by atomic mass is 10.2. The largest absolute Gasteiger partial charge is 0.468 e. The normalized spacial score (nSPS) is 10.6. The van der Waals surface area contributed by atoms with Crippen molar-refractivity contribution in [2.75, 3.05) is 13.7 Å². The summed E-state index contributed by atoms with van der Waals surface area (Å²) in [4.78, 5) is 31.5. The first kappa shape index (κ1) is 19.1. The Labute approximate surface area is 165 Å². The molecule has 0 radical (unpaired) electrons. The molecule has 3 aromatic rings. The van der Waals surface area contributed by atoms with Crippen molar-refractivity contribution >= 4 is 34.8 Å². The van der Waals surface area contributed by atoms with E-state index < -0.39 is 5.97 Å². The minimum Gasteiger partial charge on any atom is -0.468 e. The lowest BCUT2D eigenvalue weighted by Crippen LogP contribution is -2.36. The molecule has 0 bridgehead atoms. The van der Waals surface area contributed by atoms with E-state index in [1.165, 1.54) is 23.3 Å². The molecule has 0 aliphatic carbocycles. The minimum absolute atomic E-state index is 0.176. The van der Waals surface area contributed by atoms with E-state index in [1.807, 2.05) is 19.1 Å². The zero-order chi connectivity index (χ0) is 19.4. The monoisotopic (exact) mass is 404 g/mol. The maximum atomic E-state index is 13.1. The van der Waals surface area contributed by atoms with E-state index in [9.17, 15) is 9.59 Å². The van der Waals surface area contributed by atoms with Gasteiger partial charge in [-0.05, 0) is 36.8 Å². The van der Waals surface area contributed by atoms with Crippen LogP contribution in [0, 0.1) is 6.92 Å². The fourth-order valence-corrected chi connectivity index (χ4v) is 3.48. The zero-order valence-electron chi connectivity index (χ0n) is 14.8. The predicted octanol–water partition coefficient (Wildman–Crippen LogP) is 4.18. The average molecular weight is 405 g/mol. The molecule has 0 saturated heterocycles. The van der Waals surface area contributed by atoms with Crippen molar-refractivity contribution in [3.05, 3.63) is 63.8 Å². The van der Waals surface area contributed by atoms with Crippen molar-refractivity contribution in [3.8, 4) is 10.8 Å². The summed E-state index contributed by atoms with van der Waals surface area (Å²) in [6, 6.07) is 10.6. The third-order valence-electron chi connectivity index (χ3n) is 3.85. The summed E-state index contributed by atoms with van der Waals surface area (Å²) in [5, 5.41) is 1.22. The van der Waals surface area contributed by atoms with E-state index in [1.54, 1.807) is 30.5 Å². The van der Waals surface area contributed by atoms with Crippen LogP contribution in [0.2, 0.25) is 5.02 Å². The Bertz CT molecular complexity index is 935. The maximum absolute atomic E-state index is 13.1. The number of aromatic nitrogens is 1. The Hall–Kier alpha value is -2.64. The van der Waals surface area contributed by atoms with E-state index in [0.717, 1.165) is 10.4 Å². The smallest absolute Gasteiger partial charge is 0.325 e. The number of nitrogens with zero attached hydrogens (tertiary/aromatic N) is 2. The number of hydrogen-bond acceptors (Lipinski definition) is 6. The van der Waals surface area contributed by atoms with Crippen LogP contribution in [0.25, 0.3) is 10.8 Å². The number of methoxy groups -OCH3 is 1. The van der Waals surface area contributed by atoms with Gasteiger partial charge in [0, 0.05) is 16.4 Å². The third kappa shape index (κ3) is 4.56. The van der Waals surface area contributed by atoms with Crippen molar-refractivity contribution in [2.45, 2.75) is 13.5 Å². The van der Waals surface area contributed by atoms with Crippen molar-refractivity contribution < 1.29 is 18.7 Å². The van der Waals surface area contributed by atoms with Gasteiger partial charge in [-0.25, -0.2) is 4.98 Å². The number of ether oxygens (including phenoxy) is 1. The molecule has 1 amide bonds. The van der Waals surface area contributed by atoms with Gasteiger partial charge in [0.15, 0.2) is 10.8 Å². The second-order valence-corrected chi connectivity index (χ2v) is 7.40. The highest BCUT2D eigenvalue weighted by Crippen LogP contribution is 2.29. The van der Waals surface area contributed by atoms with E-state index >= 15 is 0 Å². The summed E-state index contributed by atoms with van der Waals surface area (Å²) in [7, 11) is 1.29. The molecule has 3 rings (SSSR count). The molecule has 0 aliphatic heterocycles. The Morgan fingerprint density at radius 1 is 1.26 bits per heavy atom. The van der Waals surface area contributed by atoms with Crippen LogP contribution in [0.3, 0.4) is 0 Å². The van der Waals surface area contributed by atoms with Gasteiger partial charge in [0.2, 0.25) is 0 Å². The number of carbonyl (C=O) groups excluding carboxylic acids is 2. The molecule has 8 heteroatoms. The standard InChI is InChI=1S/C19H17ClN2O4S/c1-12-17(21-18(27-12)15-4-3-9-26-15)19(24)22(11-16(23)25-2)10-13-5-7-14(20)8-6-13/h3-9H,10-11H2,1-2H3. The molecule has 0 N–H and O–H groups in total. The predicted molar refractivity (Wildman–Crippen MR) is 103 cm³/mol. The highest BCUT2D eigenvalue weighted by Gasteiger charge is 2.25. The number of thiazole rings is 1. The summed E-state index contributed by atoms with van der Waals surface area (Å²) in [5.74, 6) is -0.252. The molecule has 0 aliphatic rings. The summed E-state index contributed by atoms with van der Waals surface area (Å²) >= 11 is 7.28. The fourth-order valence-electron chi connectivity index (χ4n) is 2.48. The zero-order valence-corrected chi connectivity index (χ0v) is 16.3. The Morgan fingerprint density at radius 3 is 2.63 bits per heavy atom. The second kappa shape index (κ2) is 8.37. The van der Waals surface area contributed by atoms with Gasteiger partial charge in [0.1, 0.15) is 12.2 Å². The molecule has 140 valence electrons. The highest BCUT2D eigenvalue weighted by atomic mass is 35.5. The van der Waals surface area contributed by atoms with Crippen LogP contribution in [-0.2, 0) is 16.1 Å². The lowest BCUT2D eigenvalue weighted by Gasteiger charge is -2.21.